The summed E-state index contributed by atoms with van der Waals surface area (Å²) in [6, 6.07) is 35.2. The summed E-state index contributed by atoms with van der Waals surface area (Å²) in [6.45, 7) is 5.02. The molecule has 18 nitrogen and oxygen atoms in total. The van der Waals surface area contributed by atoms with Crippen LogP contribution < -0.4 is 10.6 Å². The number of halogens is 7. The molecule has 6 aromatic rings. The van der Waals surface area contributed by atoms with Crippen molar-refractivity contribution in [2.45, 2.75) is 106 Å². The fourth-order valence-corrected chi connectivity index (χ4v) is 13.5. The molecule has 2 N–H and O–H groups in total. The summed E-state index contributed by atoms with van der Waals surface area (Å²) in [4.78, 5) is 77.0. The molecule has 3 fully saturated rings. The number of likely N-dealkylation sites (tertiary alicyclic amines) is 2. The topological polar surface area (TPSA) is 182 Å². The van der Waals surface area contributed by atoms with Crippen LogP contribution in [0.25, 0.3) is 11.1 Å². The van der Waals surface area contributed by atoms with Gasteiger partial charge in [0.1, 0.15) is 36.7 Å². The molecule has 3 aliphatic heterocycles. The lowest BCUT2D eigenvalue weighted by molar-refractivity contribution is -0.143. The molecule has 3 saturated heterocycles. The van der Waals surface area contributed by atoms with Gasteiger partial charge in [0.25, 0.3) is 11.8 Å². The van der Waals surface area contributed by atoms with Gasteiger partial charge in [-0.1, -0.05) is 91.3 Å². The molecule has 0 saturated carbocycles. The maximum Gasteiger partial charge on any atom is 0.416 e. The molecule has 5 amide bonds. The third-order valence-corrected chi connectivity index (χ3v) is 19.2. The van der Waals surface area contributed by atoms with E-state index in [0.717, 1.165) is 78.9 Å². The molecule has 1 aliphatic carbocycles. The Bertz CT molecular complexity index is 3630. The monoisotopic (exact) mass is 1350 g/mol. The van der Waals surface area contributed by atoms with Crippen molar-refractivity contribution in [3.8, 4) is 11.1 Å². The van der Waals surface area contributed by atoms with E-state index in [2.05, 4.69) is 42.8 Å². The number of hydrogen-bond acceptors (Lipinski definition) is 13. The van der Waals surface area contributed by atoms with Gasteiger partial charge in [0.05, 0.1) is 29.5 Å². The number of carbonyl (C=O) groups excluding carboxylic acids is 5. The summed E-state index contributed by atoms with van der Waals surface area (Å²) in [6.07, 6.45) is -4.34. The fourth-order valence-electron chi connectivity index (χ4n) is 13.5. The van der Waals surface area contributed by atoms with Crippen molar-refractivity contribution in [2.24, 2.45) is 0 Å². The summed E-state index contributed by atoms with van der Waals surface area (Å²) in [7, 11) is 5.20. The molecule has 0 radical (unpaired) electrons. The maximum atomic E-state index is 14.2. The molecule has 4 heterocycles. The van der Waals surface area contributed by atoms with Crippen molar-refractivity contribution in [3.05, 3.63) is 178 Å². The minimum absolute atomic E-state index is 0.0314. The first-order valence-electron chi connectivity index (χ1n) is 33.0. The number of carbonyl (C=O) groups is 5. The van der Waals surface area contributed by atoms with Crippen LogP contribution in [0.5, 0.6) is 0 Å². The van der Waals surface area contributed by atoms with Crippen LogP contribution in [-0.2, 0) is 53.6 Å². The number of piperidine rings is 2. The van der Waals surface area contributed by atoms with E-state index in [0.29, 0.717) is 107 Å². The molecular formula is C72H83F7N10O8. The van der Waals surface area contributed by atoms with Gasteiger partial charge in [-0.15, -0.1) is 10.2 Å². The maximum absolute atomic E-state index is 14.2. The normalized spacial score (nSPS) is 18.2. The summed E-state index contributed by atoms with van der Waals surface area (Å²) in [5.74, 6) is -1.53. The zero-order valence-corrected chi connectivity index (χ0v) is 54.8. The first-order chi connectivity index (χ1) is 46.5. The van der Waals surface area contributed by atoms with Gasteiger partial charge in [0.15, 0.2) is 5.69 Å². The lowest BCUT2D eigenvalue weighted by Gasteiger charge is -2.44. The van der Waals surface area contributed by atoms with E-state index >= 15 is 0 Å². The molecule has 2 atom stereocenters. The summed E-state index contributed by atoms with van der Waals surface area (Å²) < 4.78 is 115. The van der Waals surface area contributed by atoms with Gasteiger partial charge in [0.2, 0.25) is 11.8 Å². The number of nitrogens with one attached hydrogen (secondary N) is 2. The second-order valence-electron chi connectivity index (χ2n) is 25.7. The summed E-state index contributed by atoms with van der Waals surface area (Å²) in [5, 5.41) is 14.6. The standard InChI is InChI=1S/C72H83F7N10O8/c1-84(34-14-35-86(3)67(93)61-26-27-63(83-82-61)80-33-13-5-8-21-64(90)85(2)41-42-87-36-28-57(29-37-87)97-68(94)81-60-20-12-10-18-58(60)50-15-6-4-7-16-50)65(91)47-95-62-45-51-17-9-11-19-59(51)69(62)30-38-88(39-31-69)40-32-70(53-22-24-56(73)25-23-53)48-89(49-96-70)66(92)52-43-54(71(74,75)76)46-55(44-52)72(77,78)79/h4,6-7,9-12,15-20,22-27,43-44,46,57,62H,5,8,13-14,21,28-42,45,47-49H2,1-3H3,(H,80,83)(H,81,94)/t62-,70-/m0/s1. The SMILES string of the molecule is CN(CCN1CCC(OC(=O)Nc2ccccc2-c2ccccc2)CC1)C(=O)CCCCCNc1ccc(C(=O)N(C)CCCN(C)C(=O)CO[C@H]2Cc3ccccc3C23CCN(CC[C@@]2(c4ccc(F)cc4)CN(C(=O)c4cc(C(F)(F)F)cc(C(F)(F)F)c4)CO2)CC3)nn1. The number of amides is 5. The zero-order chi connectivity index (χ0) is 68.9. The third kappa shape index (κ3) is 18.2. The van der Waals surface area contributed by atoms with Crippen LogP contribution in [-0.4, -0.2) is 188 Å². The van der Waals surface area contributed by atoms with E-state index in [1.807, 2.05) is 73.8 Å². The van der Waals surface area contributed by atoms with E-state index in [9.17, 15) is 54.7 Å². The average Bonchev–Trinajstić information content (AvgIpc) is 1.61. The highest BCUT2D eigenvalue weighted by atomic mass is 19.4. The predicted molar refractivity (Wildman–Crippen MR) is 351 cm³/mol. The predicted octanol–water partition coefficient (Wildman–Crippen LogP) is 11.8. The Balaban J connectivity index is 0.604. The van der Waals surface area contributed by atoms with Gasteiger partial charge in [0, 0.05) is 96.5 Å². The molecule has 1 aromatic heterocycles. The molecular weight excluding hydrogens is 1270 g/mol. The molecule has 25 heteroatoms. The second kappa shape index (κ2) is 31.8. The summed E-state index contributed by atoms with van der Waals surface area (Å²) in [5.41, 5.74) is -0.127. The minimum Gasteiger partial charge on any atom is -0.446 e. The van der Waals surface area contributed by atoms with Crippen molar-refractivity contribution < 1.29 is 68.9 Å². The number of anilines is 2. The van der Waals surface area contributed by atoms with E-state index in [4.69, 9.17) is 14.2 Å². The van der Waals surface area contributed by atoms with E-state index in [1.54, 1.807) is 36.0 Å². The van der Waals surface area contributed by atoms with Crippen LogP contribution in [0.15, 0.2) is 133 Å². The lowest BCUT2D eigenvalue weighted by Crippen LogP contribution is -2.50. The van der Waals surface area contributed by atoms with Crippen molar-refractivity contribution >= 4 is 41.2 Å². The molecule has 97 heavy (non-hydrogen) atoms. The van der Waals surface area contributed by atoms with Crippen LogP contribution in [0.3, 0.4) is 0 Å². The van der Waals surface area contributed by atoms with Crippen molar-refractivity contribution in [2.75, 3.05) is 117 Å². The average molecular weight is 1350 g/mol. The zero-order valence-electron chi connectivity index (χ0n) is 54.8. The molecule has 0 bridgehead atoms. The Morgan fingerprint density at radius 1 is 0.680 bits per heavy atom. The Hall–Kier alpha value is -8.52. The Morgan fingerprint density at radius 2 is 1.34 bits per heavy atom. The number of hydrogen-bond donors (Lipinski definition) is 2. The highest BCUT2D eigenvalue weighted by Crippen LogP contribution is 2.48. The van der Waals surface area contributed by atoms with E-state index < -0.39 is 64.6 Å². The molecule has 518 valence electrons. The highest BCUT2D eigenvalue weighted by Gasteiger charge is 2.50. The van der Waals surface area contributed by atoms with Gasteiger partial charge in [-0.05, 0) is 142 Å². The number of para-hydroxylation sites is 1. The molecule has 0 unspecified atom stereocenters. The number of nitrogens with zero attached hydrogens (tertiary/aromatic N) is 8. The molecule has 10 rings (SSSR count). The Morgan fingerprint density at radius 3 is 2.04 bits per heavy atom. The van der Waals surface area contributed by atoms with Crippen LogP contribution >= 0.6 is 0 Å². The van der Waals surface area contributed by atoms with Crippen LogP contribution in [0.4, 0.5) is 47.0 Å². The number of fused-ring (bicyclic) bond motifs is 2. The number of rotatable bonds is 26. The highest BCUT2D eigenvalue weighted by molar-refractivity contribution is 5.95. The number of benzene rings is 5. The van der Waals surface area contributed by atoms with Gasteiger partial charge in [-0.2, -0.15) is 26.3 Å². The minimum atomic E-state index is -5.15. The van der Waals surface area contributed by atoms with Gasteiger partial charge < -0.3 is 48.9 Å². The number of aromatic nitrogens is 2. The Kier molecular flexibility index (Phi) is 23.3. The van der Waals surface area contributed by atoms with Gasteiger partial charge in [-0.3, -0.25) is 24.5 Å². The Labute approximate surface area is 560 Å². The smallest absolute Gasteiger partial charge is 0.416 e. The van der Waals surface area contributed by atoms with E-state index in [-0.39, 0.29) is 61.3 Å². The first kappa shape index (κ1) is 71.3. The summed E-state index contributed by atoms with van der Waals surface area (Å²) >= 11 is 0. The second-order valence-corrected chi connectivity index (χ2v) is 25.7. The van der Waals surface area contributed by atoms with Crippen LogP contribution in [0.2, 0.25) is 0 Å². The van der Waals surface area contributed by atoms with Gasteiger partial charge in [-0.25, -0.2) is 9.18 Å². The fraction of sp³-hybridized carbons (Fsp3) is 0.458. The molecule has 5 aromatic carbocycles. The van der Waals surface area contributed by atoms with Gasteiger partial charge >= 0.3 is 18.4 Å². The van der Waals surface area contributed by atoms with Crippen LogP contribution in [0, 0.1) is 5.82 Å². The van der Waals surface area contributed by atoms with Crippen molar-refractivity contribution in [3.63, 3.8) is 0 Å². The molecule has 1 spiro atoms. The lowest BCUT2D eigenvalue weighted by atomic mass is 9.72. The quantitative estimate of drug-likeness (QED) is 0.0387. The van der Waals surface area contributed by atoms with E-state index in [1.165, 1.54) is 29.2 Å². The number of unbranched alkanes of at least 4 members (excludes halogenated alkanes) is 2. The molecule has 4 aliphatic rings. The number of ether oxygens (including phenoxy) is 3. The van der Waals surface area contributed by atoms with Crippen LogP contribution in [0.1, 0.15) is 113 Å². The van der Waals surface area contributed by atoms with Crippen molar-refractivity contribution in [1.29, 1.82) is 0 Å². The van der Waals surface area contributed by atoms with Crippen molar-refractivity contribution in [1.82, 2.24) is 39.6 Å². The number of likely N-dealkylation sites (N-methyl/N-ethyl adjacent to an activating group) is 2. The number of alkyl halides is 6. The first-order valence-corrected chi connectivity index (χ1v) is 33.0. The third-order valence-electron chi connectivity index (χ3n) is 19.2. The largest absolute Gasteiger partial charge is 0.446 e.